The summed E-state index contributed by atoms with van der Waals surface area (Å²) in [5.74, 6) is -0.00704. The lowest BCUT2D eigenvalue weighted by Crippen LogP contribution is -1.82. The van der Waals surface area contributed by atoms with Gasteiger partial charge in [-0.15, -0.1) is 0 Å². The second kappa shape index (κ2) is 4.62. The van der Waals surface area contributed by atoms with E-state index in [2.05, 4.69) is 15.9 Å². The molecule has 0 saturated carbocycles. The van der Waals surface area contributed by atoms with Crippen LogP contribution >= 0.6 is 27.5 Å². The summed E-state index contributed by atoms with van der Waals surface area (Å²) in [5.41, 5.74) is 0.513. The summed E-state index contributed by atoms with van der Waals surface area (Å²) >= 11 is 8.93. The van der Waals surface area contributed by atoms with Crippen LogP contribution in [0.5, 0.6) is 5.75 Å². The van der Waals surface area contributed by atoms with Gasteiger partial charge in [-0.05, 0) is 47.1 Å². The number of rotatable bonds is 2. The molecule has 1 aromatic carbocycles. The van der Waals surface area contributed by atoms with Gasteiger partial charge in [-0.1, -0.05) is 11.6 Å². The van der Waals surface area contributed by atoms with E-state index in [0.717, 1.165) is 0 Å². The van der Waals surface area contributed by atoms with Gasteiger partial charge >= 0.3 is 0 Å². The lowest BCUT2D eigenvalue weighted by Gasteiger charge is -2.02. The van der Waals surface area contributed by atoms with E-state index in [4.69, 9.17) is 11.6 Å². The summed E-state index contributed by atoms with van der Waals surface area (Å²) in [4.78, 5) is 10.7. The molecule has 0 aliphatic heterocycles. The maximum absolute atomic E-state index is 10.7. The van der Waals surface area contributed by atoms with Gasteiger partial charge in [0.05, 0.1) is 4.47 Å². The van der Waals surface area contributed by atoms with Crippen LogP contribution in [0.25, 0.3) is 6.08 Å². The average molecular weight is 276 g/mol. The highest BCUT2D eigenvalue weighted by atomic mass is 79.9. The van der Waals surface area contributed by atoms with Crippen molar-refractivity contribution in [3.8, 4) is 5.75 Å². The summed E-state index contributed by atoms with van der Waals surface area (Å²) in [7, 11) is 0. The van der Waals surface area contributed by atoms with E-state index in [-0.39, 0.29) is 11.5 Å². The van der Waals surface area contributed by atoms with E-state index >= 15 is 0 Å². The Balaban J connectivity index is 3.14. The molecule has 1 N–H and O–H groups in total. The van der Waals surface area contributed by atoms with Gasteiger partial charge in [0.25, 0.3) is 0 Å². The smallest absolute Gasteiger partial charge is 0.152 e. The Labute approximate surface area is 95.3 Å². The Kier molecular flexibility index (Phi) is 3.72. The van der Waals surface area contributed by atoms with Gasteiger partial charge in [-0.3, -0.25) is 4.79 Å². The zero-order chi connectivity index (χ0) is 10.7. The molecule has 0 radical (unpaired) electrons. The van der Waals surface area contributed by atoms with E-state index in [1.165, 1.54) is 19.1 Å². The molecule has 4 heteroatoms. The molecular weight excluding hydrogens is 267 g/mol. The first-order chi connectivity index (χ1) is 6.50. The van der Waals surface area contributed by atoms with Crippen molar-refractivity contribution in [2.24, 2.45) is 0 Å². The first-order valence-electron chi connectivity index (χ1n) is 3.87. The molecule has 0 unspecified atom stereocenters. The van der Waals surface area contributed by atoms with Crippen molar-refractivity contribution in [1.29, 1.82) is 0 Å². The fourth-order valence-corrected chi connectivity index (χ4v) is 1.75. The zero-order valence-corrected chi connectivity index (χ0v) is 9.76. The number of carbonyl (C=O) groups is 1. The number of phenolic OH excluding ortho intramolecular Hbond substituents is 1. The Hall–Kier alpha value is -0.800. The van der Waals surface area contributed by atoms with Gasteiger partial charge in [-0.25, -0.2) is 0 Å². The van der Waals surface area contributed by atoms with Crippen LogP contribution in [-0.4, -0.2) is 10.9 Å². The SMILES string of the molecule is CC(=O)/C=C/c1cc(Cl)cc(Br)c1O. The van der Waals surface area contributed by atoms with Gasteiger partial charge in [-0.2, -0.15) is 0 Å². The molecule has 0 aromatic heterocycles. The number of allylic oxidation sites excluding steroid dienone is 1. The molecule has 0 aliphatic carbocycles. The van der Waals surface area contributed by atoms with Crippen LogP contribution in [0.2, 0.25) is 5.02 Å². The van der Waals surface area contributed by atoms with Crippen LogP contribution in [0.3, 0.4) is 0 Å². The molecule has 0 fully saturated rings. The van der Waals surface area contributed by atoms with Crippen molar-refractivity contribution >= 4 is 39.4 Å². The molecule has 0 bridgehead atoms. The molecule has 0 heterocycles. The Morgan fingerprint density at radius 2 is 2.21 bits per heavy atom. The average Bonchev–Trinajstić information content (AvgIpc) is 2.08. The molecule has 0 saturated heterocycles. The van der Waals surface area contributed by atoms with Crippen LogP contribution in [-0.2, 0) is 4.79 Å². The summed E-state index contributed by atoms with van der Waals surface area (Å²) in [6, 6.07) is 3.17. The van der Waals surface area contributed by atoms with E-state index in [1.54, 1.807) is 12.1 Å². The number of hydrogen-bond acceptors (Lipinski definition) is 2. The lowest BCUT2D eigenvalue weighted by molar-refractivity contribution is -0.112. The largest absolute Gasteiger partial charge is 0.506 e. The van der Waals surface area contributed by atoms with E-state index in [0.29, 0.717) is 15.1 Å². The molecule has 14 heavy (non-hydrogen) atoms. The van der Waals surface area contributed by atoms with Crippen molar-refractivity contribution in [3.63, 3.8) is 0 Å². The monoisotopic (exact) mass is 274 g/mol. The highest BCUT2D eigenvalue weighted by molar-refractivity contribution is 9.10. The van der Waals surface area contributed by atoms with Gasteiger partial charge in [0.2, 0.25) is 0 Å². The van der Waals surface area contributed by atoms with Crippen molar-refractivity contribution < 1.29 is 9.90 Å². The zero-order valence-electron chi connectivity index (χ0n) is 7.42. The number of hydrogen-bond donors (Lipinski definition) is 1. The molecule has 74 valence electrons. The molecule has 0 atom stereocenters. The number of ketones is 1. The molecule has 2 nitrogen and oxygen atoms in total. The topological polar surface area (TPSA) is 37.3 Å². The minimum atomic E-state index is -0.0829. The molecule has 0 amide bonds. The minimum Gasteiger partial charge on any atom is -0.506 e. The lowest BCUT2D eigenvalue weighted by atomic mass is 10.2. The number of carbonyl (C=O) groups excluding carboxylic acids is 1. The summed E-state index contributed by atoms with van der Waals surface area (Å²) < 4.78 is 0.508. The predicted molar refractivity (Wildman–Crippen MR) is 60.5 cm³/mol. The Morgan fingerprint density at radius 3 is 2.79 bits per heavy atom. The first kappa shape index (κ1) is 11.3. The van der Waals surface area contributed by atoms with Crippen LogP contribution in [0.15, 0.2) is 22.7 Å². The van der Waals surface area contributed by atoms with Crippen LogP contribution in [0.4, 0.5) is 0 Å². The summed E-state index contributed by atoms with van der Waals surface area (Å²) in [6.45, 7) is 1.44. The summed E-state index contributed by atoms with van der Waals surface area (Å²) in [6.07, 6.45) is 2.89. The molecule has 1 aromatic rings. The van der Waals surface area contributed by atoms with Gasteiger partial charge in [0, 0.05) is 10.6 Å². The maximum atomic E-state index is 10.7. The van der Waals surface area contributed by atoms with Crippen molar-refractivity contribution in [2.45, 2.75) is 6.92 Å². The predicted octanol–water partition coefficient (Wildman–Crippen LogP) is 3.41. The number of aromatic hydroxyl groups is 1. The second-order valence-electron chi connectivity index (χ2n) is 2.77. The highest BCUT2D eigenvalue weighted by Crippen LogP contribution is 2.32. The molecule has 0 spiro atoms. The summed E-state index contributed by atoms with van der Waals surface area (Å²) in [5, 5.41) is 10.1. The van der Waals surface area contributed by atoms with Crippen molar-refractivity contribution in [2.75, 3.05) is 0 Å². The van der Waals surface area contributed by atoms with Gasteiger partial charge in [0.1, 0.15) is 5.75 Å². The minimum absolute atomic E-state index is 0.0758. The molecule has 0 aliphatic rings. The third-order valence-corrected chi connectivity index (χ3v) is 2.38. The van der Waals surface area contributed by atoms with Crippen molar-refractivity contribution in [1.82, 2.24) is 0 Å². The van der Waals surface area contributed by atoms with Gasteiger partial charge < -0.3 is 5.11 Å². The third kappa shape index (κ3) is 2.86. The van der Waals surface area contributed by atoms with Gasteiger partial charge in [0.15, 0.2) is 5.78 Å². The van der Waals surface area contributed by atoms with E-state index in [1.807, 2.05) is 0 Å². The highest BCUT2D eigenvalue weighted by Gasteiger charge is 2.04. The number of benzene rings is 1. The fourth-order valence-electron chi connectivity index (χ4n) is 0.920. The van der Waals surface area contributed by atoms with Crippen LogP contribution in [0.1, 0.15) is 12.5 Å². The first-order valence-corrected chi connectivity index (χ1v) is 5.04. The number of phenols is 1. The second-order valence-corrected chi connectivity index (χ2v) is 4.06. The normalized spacial score (nSPS) is 10.8. The Bertz CT molecular complexity index is 399. The maximum Gasteiger partial charge on any atom is 0.152 e. The van der Waals surface area contributed by atoms with Crippen LogP contribution < -0.4 is 0 Å². The fraction of sp³-hybridized carbons (Fsp3) is 0.100. The Morgan fingerprint density at radius 1 is 1.57 bits per heavy atom. The number of halogens is 2. The van der Waals surface area contributed by atoms with E-state index in [9.17, 15) is 9.90 Å². The van der Waals surface area contributed by atoms with Crippen LogP contribution in [0, 0.1) is 0 Å². The standard InChI is InChI=1S/C10H8BrClO2/c1-6(13)2-3-7-4-8(12)5-9(11)10(7)14/h2-5,14H,1H3/b3-2+. The third-order valence-electron chi connectivity index (χ3n) is 1.56. The molecular formula is C10H8BrClO2. The van der Waals surface area contributed by atoms with Crippen molar-refractivity contribution in [3.05, 3.63) is 33.3 Å². The van der Waals surface area contributed by atoms with E-state index < -0.39 is 0 Å². The molecule has 1 rings (SSSR count). The quantitative estimate of drug-likeness (QED) is 0.840.